The van der Waals surface area contributed by atoms with Crippen LogP contribution in [0.4, 0.5) is 0 Å². The van der Waals surface area contributed by atoms with Crippen molar-refractivity contribution in [3.8, 4) is 0 Å². The number of para-hydroxylation sites is 1. The number of thioether (sulfide) groups is 1. The van der Waals surface area contributed by atoms with E-state index < -0.39 is 0 Å². The van der Waals surface area contributed by atoms with Crippen LogP contribution in [0.25, 0.3) is 10.9 Å². The first kappa shape index (κ1) is 21.0. The van der Waals surface area contributed by atoms with Gasteiger partial charge in [0.05, 0.1) is 6.42 Å². The number of amides is 2. The number of hydrogen-bond acceptors (Lipinski definition) is 3. The zero-order valence-corrected chi connectivity index (χ0v) is 18.1. The number of H-pyrrole nitrogens is 1. The number of halogens is 1. The number of benzene rings is 3. The van der Waals surface area contributed by atoms with Crippen LogP contribution in [-0.4, -0.2) is 16.8 Å². The maximum atomic E-state index is 12.3. The number of rotatable bonds is 6. The van der Waals surface area contributed by atoms with Crippen molar-refractivity contribution in [3.63, 3.8) is 0 Å². The van der Waals surface area contributed by atoms with Crippen LogP contribution >= 0.6 is 23.4 Å². The number of carbonyl (C=O) groups is 2. The Balaban J connectivity index is 1.27. The SMILES string of the molecule is O=C(Cc1c[nH]c2ccccc12)NNC(=O)c1ccc(CSc2ccc(Cl)cc2)cc1. The van der Waals surface area contributed by atoms with Gasteiger partial charge in [0.15, 0.2) is 0 Å². The summed E-state index contributed by atoms with van der Waals surface area (Å²) in [6.45, 7) is 0. The summed E-state index contributed by atoms with van der Waals surface area (Å²) in [5.41, 5.74) is 8.39. The minimum Gasteiger partial charge on any atom is -0.361 e. The van der Waals surface area contributed by atoms with Crippen LogP contribution in [0.2, 0.25) is 5.02 Å². The zero-order valence-electron chi connectivity index (χ0n) is 16.5. The average Bonchev–Trinajstić information content (AvgIpc) is 3.20. The van der Waals surface area contributed by atoms with Crippen molar-refractivity contribution in [2.24, 2.45) is 0 Å². The summed E-state index contributed by atoms with van der Waals surface area (Å²) >= 11 is 7.60. The fourth-order valence-electron chi connectivity index (χ4n) is 3.14. The lowest BCUT2D eigenvalue weighted by atomic mass is 10.1. The zero-order chi connectivity index (χ0) is 21.6. The maximum absolute atomic E-state index is 12.3. The molecule has 4 rings (SSSR count). The van der Waals surface area contributed by atoms with E-state index >= 15 is 0 Å². The van der Waals surface area contributed by atoms with E-state index in [1.165, 1.54) is 0 Å². The van der Waals surface area contributed by atoms with Gasteiger partial charge >= 0.3 is 0 Å². The summed E-state index contributed by atoms with van der Waals surface area (Å²) in [7, 11) is 0. The van der Waals surface area contributed by atoms with Crippen molar-refractivity contribution in [1.29, 1.82) is 0 Å². The fourth-order valence-corrected chi connectivity index (χ4v) is 4.12. The van der Waals surface area contributed by atoms with Crippen molar-refractivity contribution in [2.45, 2.75) is 17.1 Å². The molecule has 0 fully saturated rings. The Morgan fingerprint density at radius 2 is 1.65 bits per heavy atom. The number of aromatic nitrogens is 1. The highest BCUT2D eigenvalue weighted by molar-refractivity contribution is 7.98. The number of aromatic amines is 1. The molecular weight excluding hydrogens is 430 g/mol. The van der Waals surface area contributed by atoms with Gasteiger partial charge in [0, 0.05) is 38.3 Å². The Labute approximate surface area is 189 Å². The van der Waals surface area contributed by atoms with Crippen LogP contribution in [0.15, 0.2) is 83.9 Å². The smallest absolute Gasteiger partial charge is 0.269 e. The van der Waals surface area contributed by atoms with Crippen molar-refractivity contribution in [2.75, 3.05) is 0 Å². The van der Waals surface area contributed by atoms with Crippen LogP contribution < -0.4 is 10.9 Å². The first-order valence-electron chi connectivity index (χ1n) is 9.70. The second-order valence-corrected chi connectivity index (χ2v) is 8.46. The maximum Gasteiger partial charge on any atom is 0.269 e. The largest absolute Gasteiger partial charge is 0.361 e. The molecule has 1 aromatic heterocycles. The monoisotopic (exact) mass is 449 g/mol. The molecule has 31 heavy (non-hydrogen) atoms. The molecule has 4 aromatic rings. The van der Waals surface area contributed by atoms with Crippen molar-refractivity contribution in [1.82, 2.24) is 15.8 Å². The molecule has 5 nitrogen and oxygen atoms in total. The Morgan fingerprint density at radius 3 is 2.42 bits per heavy atom. The lowest BCUT2D eigenvalue weighted by Crippen LogP contribution is -2.42. The molecular formula is C24H20ClN3O2S. The first-order valence-corrected chi connectivity index (χ1v) is 11.1. The van der Waals surface area contributed by atoms with Gasteiger partial charge in [-0.2, -0.15) is 0 Å². The predicted molar refractivity (Wildman–Crippen MR) is 125 cm³/mol. The van der Waals surface area contributed by atoms with Gasteiger partial charge in [-0.05, 0) is 53.6 Å². The van der Waals surface area contributed by atoms with E-state index in [-0.39, 0.29) is 18.2 Å². The highest BCUT2D eigenvalue weighted by Crippen LogP contribution is 2.24. The Morgan fingerprint density at radius 1 is 0.903 bits per heavy atom. The Bertz CT molecular complexity index is 1200. The molecule has 0 aliphatic heterocycles. The van der Waals surface area contributed by atoms with Crippen LogP contribution in [-0.2, 0) is 17.0 Å². The highest BCUT2D eigenvalue weighted by Gasteiger charge is 2.11. The van der Waals surface area contributed by atoms with Gasteiger partial charge in [-0.3, -0.25) is 20.4 Å². The van der Waals surface area contributed by atoms with Crippen LogP contribution in [0.3, 0.4) is 0 Å². The third-order valence-corrected chi connectivity index (χ3v) is 6.11. The average molecular weight is 450 g/mol. The minimum absolute atomic E-state index is 0.172. The summed E-state index contributed by atoms with van der Waals surface area (Å²) in [5, 5.41) is 1.71. The normalized spacial score (nSPS) is 10.7. The second-order valence-electron chi connectivity index (χ2n) is 6.98. The van der Waals surface area contributed by atoms with Gasteiger partial charge in [-0.25, -0.2) is 0 Å². The van der Waals surface area contributed by atoms with E-state index in [0.29, 0.717) is 10.6 Å². The van der Waals surface area contributed by atoms with Crippen LogP contribution in [0.5, 0.6) is 0 Å². The van der Waals surface area contributed by atoms with E-state index in [0.717, 1.165) is 32.7 Å². The van der Waals surface area contributed by atoms with E-state index in [1.807, 2.05) is 66.9 Å². The molecule has 156 valence electrons. The van der Waals surface area contributed by atoms with Gasteiger partial charge < -0.3 is 4.98 Å². The number of fused-ring (bicyclic) bond motifs is 1. The molecule has 0 aliphatic carbocycles. The number of carbonyl (C=O) groups excluding carboxylic acids is 2. The molecule has 0 saturated heterocycles. The molecule has 0 atom stereocenters. The predicted octanol–water partition coefficient (Wildman–Crippen LogP) is 5.12. The summed E-state index contributed by atoms with van der Waals surface area (Å²) in [5.74, 6) is 0.142. The molecule has 0 saturated carbocycles. The summed E-state index contributed by atoms with van der Waals surface area (Å²) < 4.78 is 0. The van der Waals surface area contributed by atoms with Crippen molar-refractivity contribution >= 4 is 46.1 Å². The molecule has 0 aliphatic rings. The van der Waals surface area contributed by atoms with Crippen LogP contribution in [0, 0.1) is 0 Å². The van der Waals surface area contributed by atoms with Crippen LogP contribution in [0.1, 0.15) is 21.5 Å². The Hall–Kier alpha value is -3.22. The highest BCUT2D eigenvalue weighted by atomic mass is 35.5. The lowest BCUT2D eigenvalue weighted by molar-refractivity contribution is -0.121. The van der Waals surface area contributed by atoms with Gasteiger partial charge in [0.25, 0.3) is 5.91 Å². The van der Waals surface area contributed by atoms with Gasteiger partial charge in [-0.15, -0.1) is 11.8 Å². The molecule has 3 aromatic carbocycles. The standard InChI is InChI=1S/C24H20ClN3O2S/c25-19-9-11-20(12-10-19)31-15-16-5-7-17(8-6-16)24(30)28-27-23(29)13-18-14-26-22-4-2-1-3-21(18)22/h1-12,14,26H,13,15H2,(H,27,29)(H,28,30). The van der Waals surface area contributed by atoms with E-state index in [2.05, 4.69) is 15.8 Å². The Kier molecular flexibility index (Phi) is 6.60. The molecule has 2 amide bonds. The number of hydrazine groups is 1. The summed E-state index contributed by atoms with van der Waals surface area (Å²) in [4.78, 5) is 28.8. The van der Waals surface area contributed by atoms with Gasteiger partial charge in [-0.1, -0.05) is 41.9 Å². The molecule has 1 heterocycles. The third-order valence-electron chi connectivity index (χ3n) is 4.78. The van der Waals surface area contributed by atoms with E-state index in [4.69, 9.17) is 11.6 Å². The van der Waals surface area contributed by atoms with E-state index in [1.54, 1.807) is 23.9 Å². The topological polar surface area (TPSA) is 74.0 Å². The third kappa shape index (κ3) is 5.48. The van der Waals surface area contributed by atoms with Crippen molar-refractivity contribution in [3.05, 3.63) is 101 Å². The first-order chi connectivity index (χ1) is 15.1. The minimum atomic E-state index is -0.357. The van der Waals surface area contributed by atoms with Gasteiger partial charge in [0.2, 0.25) is 5.91 Å². The van der Waals surface area contributed by atoms with E-state index in [9.17, 15) is 9.59 Å². The molecule has 7 heteroatoms. The molecule has 0 unspecified atom stereocenters. The molecule has 3 N–H and O–H groups in total. The summed E-state index contributed by atoms with van der Waals surface area (Å²) in [6, 6.07) is 22.8. The molecule has 0 bridgehead atoms. The van der Waals surface area contributed by atoms with Gasteiger partial charge in [0.1, 0.15) is 0 Å². The number of nitrogens with one attached hydrogen (secondary N) is 3. The number of hydrogen-bond donors (Lipinski definition) is 3. The second kappa shape index (κ2) is 9.73. The molecule has 0 radical (unpaired) electrons. The lowest BCUT2D eigenvalue weighted by Gasteiger charge is -2.08. The quantitative estimate of drug-likeness (QED) is 0.282. The molecule has 0 spiro atoms. The van der Waals surface area contributed by atoms with Crippen molar-refractivity contribution < 1.29 is 9.59 Å². The summed E-state index contributed by atoms with van der Waals surface area (Å²) in [6.07, 6.45) is 1.98. The fraction of sp³-hybridized carbons (Fsp3) is 0.0833.